The first-order valence-corrected chi connectivity index (χ1v) is 11.6. The molecule has 2 N–H and O–H groups in total. The van der Waals surface area contributed by atoms with Crippen molar-refractivity contribution in [2.75, 3.05) is 45.8 Å². The average Bonchev–Trinajstić information content (AvgIpc) is 3.20. The van der Waals surface area contributed by atoms with Crippen LogP contribution in [0.25, 0.3) is 0 Å². The third kappa shape index (κ3) is 6.87. The first kappa shape index (κ1) is 21.3. The Morgan fingerprint density at radius 2 is 1.86 bits per heavy atom. The van der Waals surface area contributed by atoms with E-state index in [4.69, 9.17) is 5.73 Å². The van der Waals surface area contributed by atoms with Gasteiger partial charge in [0.05, 0.1) is 13.1 Å². The van der Waals surface area contributed by atoms with Crippen LogP contribution in [-0.2, 0) is 16.1 Å². The number of hydrogen-bond acceptors (Lipinski definition) is 5. The molecule has 1 saturated carbocycles. The lowest BCUT2D eigenvalue weighted by Crippen LogP contribution is -2.51. The maximum Gasteiger partial charge on any atom is 0.236 e. The number of thiophene rings is 1. The minimum atomic E-state index is -0.350. The zero-order valence-corrected chi connectivity index (χ0v) is 17.7. The molecule has 28 heavy (non-hydrogen) atoms. The molecule has 2 heterocycles. The predicted molar refractivity (Wildman–Crippen MR) is 113 cm³/mol. The van der Waals surface area contributed by atoms with E-state index >= 15 is 0 Å². The number of primary amides is 1. The molecule has 7 heteroatoms. The summed E-state index contributed by atoms with van der Waals surface area (Å²) in [5, 5.41) is 4.29. The molecule has 156 valence electrons. The van der Waals surface area contributed by atoms with Gasteiger partial charge in [-0.05, 0) is 41.3 Å². The van der Waals surface area contributed by atoms with Gasteiger partial charge in [0.25, 0.3) is 0 Å². The van der Waals surface area contributed by atoms with Gasteiger partial charge in [-0.2, -0.15) is 11.3 Å². The van der Waals surface area contributed by atoms with Crippen molar-refractivity contribution in [1.82, 2.24) is 14.7 Å². The van der Waals surface area contributed by atoms with Crippen LogP contribution in [0.1, 0.15) is 44.1 Å². The van der Waals surface area contributed by atoms with Crippen molar-refractivity contribution >= 4 is 23.2 Å². The van der Waals surface area contributed by atoms with Crippen molar-refractivity contribution in [3.63, 3.8) is 0 Å². The van der Waals surface area contributed by atoms with Crippen LogP contribution in [0.2, 0.25) is 0 Å². The Hall–Kier alpha value is -1.44. The molecule has 2 fully saturated rings. The van der Waals surface area contributed by atoms with Crippen LogP contribution >= 0.6 is 11.3 Å². The fourth-order valence-corrected chi connectivity index (χ4v) is 5.02. The van der Waals surface area contributed by atoms with Gasteiger partial charge in [-0.3, -0.25) is 19.4 Å². The summed E-state index contributed by atoms with van der Waals surface area (Å²) in [6.07, 6.45) is 7.60. The van der Waals surface area contributed by atoms with E-state index in [2.05, 4.69) is 21.7 Å². The van der Waals surface area contributed by atoms with Crippen molar-refractivity contribution < 1.29 is 9.59 Å². The van der Waals surface area contributed by atoms with E-state index in [1.165, 1.54) is 37.7 Å². The van der Waals surface area contributed by atoms with Crippen LogP contribution in [0.4, 0.5) is 0 Å². The molecule has 1 aliphatic heterocycles. The SMILES string of the molecule is NC(=O)CN(CCC1CCCCC1)CC(=O)N1CCN(Cc2ccsc2)CC1. The van der Waals surface area contributed by atoms with Gasteiger partial charge in [0.15, 0.2) is 0 Å². The molecule has 2 aliphatic rings. The lowest BCUT2D eigenvalue weighted by molar-refractivity contribution is -0.134. The summed E-state index contributed by atoms with van der Waals surface area (Å²) in [7, 11) is 0. The van der Waals surface area contributed by atoms with Gasteiger partial charge in [-0.15, -0.1) is 0 Å². The molecule has 0 unspecified atom stereocenters. The van der Waals surface area contributed by atoms with Crippen LogP contribution in [-0.4, -0.2) is 72.3 Å². The molecule has 0 atom stereocenters. The highest BCUT2D eigenvalue weighted by atomic mass is 32.1. The summed E-state index contributed by atoms with van der Waals surface area (Å²) in [6, 6.07) is 2.16. The van der Waals surface area contributed by atoms with Gasteiger partial charge in [-0.25, -0.2) is 0 Å². The number of carbonyl (C=O) groups excluding carboxylic acids is 2. The first-order valence-electron chi connectivity index (χ1n) is 10.6. The maximum absolute atomic E-state index is 12.8. The minimum Gasteiger partial charge on any atom is -0.369 e. The largest absolute Gasteiger partial charge is 0.369 e. The molecule has 0 radical (unpaired) electrons. The first-order chi connectivity index (χ1) is 13.6. The van der Waals surface area contributed by atoms with Crippen molar-refractivity contribution in [2.45, 2.75) is 45.1 Å². The Labute approximate surface area is 172 Å². The van der Waals surface area contributed by atoms with E-state index in [1.807, 2.05) is 9.80 Å². The quantitative estimate of drug-likeness (QED) is 0.682. The Kier molecular flexibility index (Phi) is 8.30. The number of nitrogens with two attached hydrogens (primary N) is 1. The molecule has 1 aromatic rings. The molecule has 1 aliphatic carbocycles. The molecular formula is C21H34N4O2S. The third-order valence-electron chi connectivity index (χ3n) is 6.03. The predicted octanol–water partition coefficient (Wildman–Crippen LogP) is 2.15. The normalized spacial score (nSPS) is 19.2. The Morgan fingerprint density at radius 3 is 2.50 bits per heavy atom. The summed E-state index contributed by atoms with van der Waals surface area (Å²) in [5.41, 5.74) is 6.77. The highest BCUT2D eigenvalue weighted by Crippen LogP contribution is 2.26. The standard InChI is InChI=1S/C21H34N4O2S/c22-20(26)15-24(8-6-18-4-2-1-3-5-18)16-21(27)25-11-9-23(10-12-25)14-19-7-13-28-17-19/h7,13,17-18H,1-6,8-12,14-16H2,(H2,22,26). The number of nitrogens with zero attached hydrogens (tertiary/aromatic N) is 3. The van der Waals surface area contributed by atoms with Crippen LogP contribution < -0.4 is 5.73 Å². The van der Waals surface area contributed by atoms with Crippen LogP contribution in [0.15, 0.2) is 16.8 Å². The molecule has 0 spiro atoms. The summed E-state index contributed by atoms with van der Waals surface area (Å²) in [4.78, 5) is 30.5. The highest BCUT2D eigenvalue weighted by molar-refractivity contribution is 7.07. The Balaban J connectivity index is 1.42. The summed E-state index contributed by atoms with van der Waals surface area (Å²) < 4.78 is 0. The number of carbonyl (C=O) groups is 2. The van der Waals surface area contributed by atoms with Gasteiger partial charge >= 0.3 is 0 Å². The van der Waals surface area contributed by atoms with E-state index < -0.39 is 0 Å². The number of piperazine rings is 1. The van der Waals surface area contributed by atoms with E-state index in [1.54, 1.807) is 11.3 Å². The molecule has 1 aromatic heterocycles. The van der Waals surface area contributed by atoms with Crippen LogP contribution in [0.5, 0.6) is 0 Å². The second kappa shape index (κ2) is 10.9. The molecule has 1 saturated heterocycles. The smallest absolute Gasteiger partial charge is 0.236 e. The molecule has 3 rings (SSSR count). The number of hydrogen-bond donors (Lipinski definition) is 1. The molecule has 0 aromatic carbocycles. The van der Waals surface area contributed by atoms with E-state index in [9.17, 15) is 9.59 Å². The van der Waals surface area contributed by atoms with Crippen molar-refractivity contribution in [1.29, 1.82) is 0 Å². The summed E-state index contributed by atoms with van der Waals surface area (Å²) >= 11 is 1.73. The Morgan fingerprint density at radius 1 is 1.11 bits per heavy atom. The van der Waals surface area contributed by atoms with Gasteiger partial charge in [0.1, 0.15) is 0 Å². The van der Waals surface area contributed by atoms with Gasteiger partial charge < -0.3 is 10.6 Å². The van der Waals surface area contributed by atoms with Gasteiger partial charge in [0.2, 0.25) is 11.8 Å². The monoisotopic (exact) mass is 406 g/mol. The van der Waals surface area contributed by atoms with E-state index in [-0.39, 0.29) is 18.4 Å². The fraction of sp³-hybridized carbons (Fsp3) is 0.714. The van der Waals surface area contributed by atoms with Gasteiger partial charge in [0, 0.05) is 32.7 Å². The van der Waals surface area contributed by atoms with Crippen molar-refractivity contribution in [3.05, 3.63) is 22.4 Å². The maximum atomic E-state index is 12.8. The van der Waals surface area contributed by atoms with E-state index in [0.717, 1.165) is 51.6 Å². The topological polar surface area (TPSA) is 69.9 Å². The number of rotatable bonds is 9. The van der Waals surface area contributed by atoms with Crippen LogP contribution in [0.3, 0.4) is 0 Å². The minimum absolute atomic E-state index is 0.125. The second-order valence-corrected chi connectivity index (χ2v) is 9.04. The molecular weight excluding hydrogens is 372 g/mol. The highest BCUT2D eigenvalue weighted by Gasteiger charge is 2.24. The zero-order valence-electron chi connectivity index (χ0n) is 16.9. The summed E-state index contributed by atoms with van der Waals surface area (Å²) in [5.74, 6) is 0.511. The average molecular weight is 407 g/mol. The molecule has 2 amide bonds. The van der Waals surface area contributed by atoms with Crippen LogP contribution in [0, 0.1) is 5.92 Å². The summed E-state index contributed by atoms with van der Waals surface area (Å²) in [6.45, 7) is 5.56. The van der Waals surface area contributed by atoms with E-state index in [0.29, 0.717) is 6.54 Å². The zero-order chi connectivity index (χ0) is 19.8. The third-order valence-corrected chi connectivity index (χ3v) is 6.76. The van der Waals surface area contributed by atoms with Crippen molar-refractivity contribution in [3.8, 4) is 0 Å². The number of amides is 2. The Bertz CT molecular complexity index is 608. The van der Waals surface area contributed by atoms with Crippen molar-refractivity contribution in [2.24, 2.45) is 11.7 Å². The lowest BCUT2D eigenvalue weighted by Gasteiger charge is -2.35. The molecule has 6 nitrogen and oxygen atoms in total. The fourth-order valence-electron chi connectivity index (χ4n) is 4.36. The lowest BCUT2D eigenvalue weighted by atomic mass is 9.87. The van der Waals surface area contributed by atoms with Gasteiger partial charge in [-0.1, -0.05) is 32.1 Å². The second-order valence-electron chi connectivity index (χ2n) is 8.26. The molecule has 0 bridgehead atoms.